The fourth-order valence-electron chi connectivity index (χ4n) is 4.32. The van der Waals surface area contributed by atoms with Crippen LogP contribution in [0.4, 0.5) is 17.6 Å². The molecule has 0 unspecified atom stereocenters. The number of hydrogen-bond donors (Lipinski definition) is 0. The molecule has 0 N–H and O–H groups in total. The van der Waals surface area contributed by atoms with Crippen molar-refractivity contribution in [3.05, 3.63) is 118 Å². The molecule has 2 aromatic carbocycles. The van der Waals surface area contributed by atoms with E-state index in [0.717, 1.165) is 30.6 Å². The first-order valence-electron chi connectivity index (χ1n) is 12.1. The van der Waals surface area contributed by atoms with E-state index in [1.165, 1.54) is 46.9 Å². The Hall–Kier alpha value is -5.00. The van der Waals surface area contributed by atoms with Gasteiger partial charge in [-0.15, -0.1) is 22.7 Å². The van der Waals surface area contributed by atoms with E-state index < -0.39 is 34.4 Å². The van der Waals surface area contributed by atoms with Crippen LogP contribution in [-0.2, 0) is 0 Å². The summed E-state index contributed by atoms with van der Waals surface area (Å²) < 4.78 is 56.8. The van der Waals surface area contributed by atoms with Crippen molar-refractivity contribution in [2.24, 2.45) is 0 Å². The largest absolute Gasteiger partial charge is 0.271 e. The molecule has 2 heterocycles. The monoisotopic (exact) mass is 598 g/mol. The molecule has 0 atom stereocenters. The molecule has 4 rings (SSSR count). The van der Waals surface area contributed by atoms with Gasteiger partial charge in [-0.2, -0.15) is 0 Å². The molecule has 0 saturated heterocycles. The Morgan fingerprint density at radius 2 is 0.905 bits per heavy atom. The SMILES string of the molecule is [C-]#[N+]/C(C#N)=C(/c1ccc(-c2ccc(-c3ccc(-c4ccc(/C(=C(/C#N)[N+]#[C-])C(C)(F)F)cc4)s3)s2)cc1)C(C)(F)F. The Bertz CT molecular complexity index is 1700. The van der Waals surface area contributed by atoms with Crippen LogP contribution >= 0.6 is 22.7 Å². The maximum Gasteiger partial charge on any atom is 0.271 e. The predicted octanol–water partition coefficient (Wildman–Crippen LogP) is 10.4. The lowest BCUT2D eigenvalue weighted by Crippen LogP contribution is -2.14. The lowest BCUT2D eigenvalue weighted by Gasteiger charge is -2.16. The van der Waals surface area contributed by atoms with Crippen LogP contribution in [0.15, 0.2) is 84.2 Å². The van der Waals surface area contributed by atoms with Crippen molar-refractivity contribution in [3.8, 4) is 42.8 Å². The van der Waals surface area contributed by atoms with Gasteiger partial charge in [0.2, 0.25) is 0 Å². The Kier molecular flexibility index (Phi) is 8.46. The van der Waals surface area contributed by atoms with Gasteiger partial charge in [0.25, 0.3) is 23.2 Å². The molecule has 4 aromatic rings. The zero-order valence-electron chi connectivity index (χ0n) is 22.0. The van der Waals surface area contributed by atoms with E-state index in [0.29, 0.717) is 13.8 Å². The standard InChI is InChI=1S/C32H18F4N4S2/c1-31(33,34)29(23(17-37)39-3)21-9-5-19(6-10-21)25-13-15-27(41-25)28-16-14-26(42-28)20-7-11-22(12-8-20)30(32(2,35)36)24(18-38)40-4/h5-16H,1-2H3/b29-23-,30-24+. The summed E-state index contributed by atoms with van der Waals surface area (Å²) in [6.45, 7) is 15.5. The first-order valence-corrected chi connectivity index (χ1v) is 13.8. The fourth-order valence-corrected chi connectivity index (χ4v) is 6.44. The molecule has 0 spiro atoms. The molecular weight excluding hydrogens is 581 g/mol. The van der Waals surface area contributed by atoms with Crippen molar-refractivity contribution in [2.75, 3.05) is 0 Å². The molecule has 0 aliphatic carbocycles. The predicted molar refractivity (Wildman–Crippen MR) is 158 cm³/mol. The quantitative estimate of drug-likeness (QED) is 0.121. The second kappa shape index (κ2) is 11.9. The maximum absolute atomic E-state index is 14.2. The Labute approximate surface area is 248 Å². The molecule has 206 valence electrons. The van der Waals surface area contributed by atoms with Crippen LogP contribution in [0, 0.1) is 35.8 Å². The number of halogens is 4. The van der Waals surface area contributed by atoms with E-state index in [-0.39, 0.29) is 11.1 Å². The van der Waals surface area contributed by atoms with Gasteiger partial charge in [0.15, 0.2) is 0 Å². The number of allylic oxidation sites excluding steroid dienone is 4. The van der Waals surface area contributed by atoms with Gasteiger partial charge >= 0.3 is 0 Å². The number of rotatable bonds is 7. The summed E-state index contributed by atoms with van der Waals surface area (Å²) in [4.78, 5) is 9.65. The summed E-state index contributed by atoms with van der Waals surface area (Å²) in [6.07, 6.45) is 0. The topological polar surface area (TPSA) is 56.3 Å². The van der Waals surface area contributed by atoms with Crippen molar-refractivity contribution in [2.45, 2.75) is 25.7 Å². The Balaban J connectivity index is 1.59. The number of nitrogens with zero attached hydrogens (tertiary/aromatic N) is 4. The number of benzene rings is 2. The molecule has 0 aliphatic heterocycles. The minimum Gasteiger partial charge on any atom is -0.226 e. The van der Waals surface area contributed by atoms with Gasteiger partial charge in [-0.1, -0.05) is 48.5 Å². The van der Waals surface area contributed by atoms with E-state index >= 15 is 0 Å². The maximum atomic E-state index is 14.2. The lowest BCUT2D eigenvalue weighted by atomic mass is 9.97. The molecule has 10 heteroatoms. The van der Waals surface area contributed by atoms with E-state index in [2.05, 4.69) is 9.69 Å². The smallest absolute Gasteiger partial charge is 0.226 e. The molecule has 4 nitrogen and oxygen atoms in total. The van der Waals surface area contributed by atoms with Gasteiger partial charge in [-0.25, -0.2) is 37.8 Å². The van der Waals surface area contributed by atoms with Crippen LogP contribution in [0.2, 0.25) is 0 Å². The first-order chi connectivity index (χ1) is 19.9. The first kappa shape index (κ1) is 30.0. The van der Waals surface area contributed by atoms with Crippen molar-refractivity contribution in [3.63, 3.8) is 0 Å². The van der Waals surface area contributed by atoms with Crippen molar-refractivity contribution in [1.82, 2.24) is 0 Å². The van der Waals surface area contributed by atoms with E-state index in [1.54, 1.807) is 36.4 Å². The highest BCUT2D eigenvalue weighted by Crippen LogP contribution is 2.42. The summed E-state index contributed by atoms with van der Waals surface area (Å²) in [5, 5.41) is 18.3. The molecule has 2 aromatic heterocycles. The van der Waals surface area contributed by atoms with Gasteiger partial charge < -0.3 is 0 Å². The van der Waals surface area contributed by atoms with Crippen LogP contribution in [0.1, 0.15) is 25.0 Å². The molecule has 0 radical (unpaired) electrons. The van der Waals surface area contributed by atoms with Crippen LogP contribution in [0.5, 0.6) is 0 Å². The van der Waals surface area contributed by atoms with E-state index in [9.17, 15) is 17.6 Å². The molecule has 0 bridgehead atoms. The summed E-state index contributed by atoms with van der Waals surface area (Å²) in [7, 11) is 0. The number of hydrogen-bond acceptors (Lipinski definition) is 4. The van der Waals surface area contributed by atoms with Gasteiger partial charge in [-0.05, 0) is 46.5 Å². The minimum absolute atomic E-state index is 0.104. The summed E-state index contributed by atoms with van der Waals surface area (Å²) in [5.74, 6) is -6.72. The molecule has 0 saturated carbocycles. The van der Waals surface area contributed by atoms with E-state index in [1.807, 2.05) is 24.3 Å². The summed E-state index contributed by atoms with van der Waals surface area (Å²) in [6, 6.07) is 23.4. The lowest BCUT2D eigenvalue weighted by molar-refractivity contribution is 0.0881. The minimum atomic E-state index is -3.36. The molecule has 0 aliphatic rings. The highest BCUT2D eigenvalue weighted by molar-refractivity contribution is 7.25. The molecule has 0 amide bonds. The molecule has 42 heavy (non-hydrogen) atoms. The van der Waals surface area contributed by atoms with Gasteiger partial charge in [0.05, 0.1) is 25.3 Å². The normalized spacial score (nSPS) is 12.7. The third-order valence-corrected chi connectivity index (χ3v) is 8.62. The second-order valence-corrected chi connectivity index (χ2v) is 11.3. The Morgan fingerprint density at radius 3 is 1.17 bits per heavy atom. The highest BCUT2D eigenvalue weighted by Gasteiger charge is 2.33. The molecule has 0 fully saturated rings. The average Bonchev–Trinajstić information content (AvgIpc) is 3.64. The van der Waals surface area contributed by atoms with Crippen LogP contribution < -0.4 is 0 Å². The van der Waals surface area contributed by atoms with Gasteiger partial charge in [0, 0.05) is 44.5 Å². The van der Waals surface area contributed by atoms with Crippen molar-refractivity contribution in [1.29, 1.82) is 10.5 Å². The zero-order chi connectivity index (χ0) is 30.7. The number of nitriles is 2. The van der Waals surface area contributed by atoms with Crippen LogP contribution in [-0.4, -0.2) is 11.8 Å². The summed E-state index contributed by atoms with van der Waals surface area (Å²) in [5.41, 5.74) is -0.722. The zero-order valence-corrected chi connectivity index (χ0v) is 23.7. The third kappa shape index (κ3) is 6.17. The van der Waals surface area contributed by atoms with E-state index in [4.69, 9.17) is 23.7 Å². The van der Waals surface area contributed by atoms with Crippen LogP contribution in [0.3, 0.4) is 0 Å². The molecular formula is C32H18F4N4S2. The average molecular weight is 599 g/mol. The highest BCUT2D eigenvalue weighted by atomic mass is 32.1. The number of alkyl halides is 4. The van der Waals surface area contributed by atoms with Gasteiger partial charge in [0.1, 0.15) is 0 Å². The number of thiophene rings is 2. The van der Waals surface area contributed by atoms with Crippen molar-refractivity contribution >= 4 is 33.8 Å². The van der Waals surface area contributed by atoms with Crippen LogP contribution in [0.25, 0.3) is 51.5 Å². The van der Waals surface area contributed by atoms with Gasteiger partial charge in [-0.3, -0.25) is 0 Å². The second-order valence-electron chi connectivity index (χ2n) is 9.15. The van der Waals surface area contributed by atoms with Crippen molar-refractivity contribution < 1.29 is 17.6 Å². The Morgan fingerprint density at radius 1 is 0.595 bits per heavy atom. The fraction of sp³-hybridized carbons (Fsp3) is 0.125. The summed E-state index contributed by atoms with van der Waals surface area (Å²) >= 11 is 3.00. The third-order valence-electron chi connectivity index (χ3n) is 6.16.